The number of aliphatic hydroxyl groups excluding tert-OH is 2. The van der Waals surface area contributed by atoms with Crippen LogP contribution in [0.3, 0.4) is 0 Å². The Morgan fingerprint density at radius 1 is 1.35 bits per heavy atom. The molecule has 0 amide bonds. The fraction of sp³-hybridized carbons (Fsp3) is 0.538. The van der Waals surface area contributed by atoms with Crippen molar-refractivity contribution >= 4 is 5.69 Å². The predicted molar refractivity (Wildman–Crippen MR) is 66.6 cm³/mol. The quantitative estimate of drug-likeness (QED) is 0.813. The number of anilines is 1. The molecule has 2 N–H and O–H groups in total. The zero-order chi connectivity index (χ0) is 12.3. The minimum Gasteiger partial charge on any atom is -0.493 e. The van der Waals surface area contributed by atoms with Crippen LogP contribution in [-0.4, -0.2) is 43.1 Å². The van der Waals surface area contributed by atoms with E-state index in [0.29, 0.717) is 0 Å². The molecule has 0 fully saturated rings. The lowest BCUT2D eigenvalue weighted by molar-refractivity contribution is 0.190. The number of ether oxygens (including phenoxy) is 1. The fourth-order valence-electron chi connectivity index (χ4n) is 2.08. The van der Waals surface area contributed by atoms with Crippen LogP contribution in [0, 0.1) is 0 Å². The van der Waals surface area contributed by atoms with E-state index in [-0.39, 0.29) is 19.3 Å². The zero-order valence-electron chi connectivity index (χ0n) is 10.1. The van der Waals surface area contributed by atoms with E-state index >= 15 is 0 Å². The minimum atomic E-state index is -0.252. The third-order valence-electron chi connectivity index (χ3n) is 3.27. The number of hydrogen-bond acceptors (Lipinski definition) is 4. The first-order valence-electron chi connectivity index (χ1n) is 5.96. The highest BCUT2D eigenvalue weighted by Crippen LogP contribution is 2.29. The van der Waals surface area contributed by atoms with Crippen LogP contribution in [0.1, 0.15) is 12.0 Å². The second kappa shape index (κ2) is 5.38. The molecule has 1 heterocycles. The fourth-order valence-corrected chi connectivity index (χ4v) is 2.08. The van der Waals surface area contributed by atoms with Gasteiger partial charge in [0.15, 0.2) is 0 Å². The molecule has 1 aromatic carbocycles. The second-order valence-electron chi connectivity index (χ2n) is 4.37. The molecule has 1 aliphatic heterocycles. The first-order chi connectivity index (χ1) is 8.26. The highest BCUT2D eigenvalue weighted by atomic mass is 16.5. The van der Waals surface area contributed by atoms with Gasteiger partial charge in [-0.3, -0.25) is 0 Å². The van der Waals surface area contributed by atoms with Gasteiger partial charge in [0.05, 0.1) is 25.9 Å². The monoisotopic (exact) mass is 237 g/mol. The Morgan fingerprint density at radius 3 is 2.82 bits per heavy atom. The van der Waals surface area contributed by atoms with Crippen molar-refractivity contribution in [2.45, 2.75) is 18.9 Å². The molecule has 0 bridgehead atoms. The maximum atomic E-state index is 9.17. The smallest absolute Gasteiger partial charge is 0.122 e. The molecule has 94 valence electrons. The molecule has 0 unspecified atom stereocenters. The average molecular weight is 237 g/mol. The molecular formula is C13H19NO3. The number of fused-ring (bicyclic) bond motifs is 1. The summed E-state index contributed by atoms with van der Waals surface area (Å²) in [5.41, 5.74) is 2.21. The van der Waals surface area contributed by atoms with Crippen molar-refractivity contribution in [3.05, 3.63) is 23.8 Å². The van der Waals surface area contributed by atoms with E-state index in [1.807, 2.05) is 24.1 Å². The van der Waals surface area contributed by atoms with Gasteiger partial charge in [0.1, 0.15) is 5.75 Å². The number of nitrogens with zero attached hydrogens (tertiary/aromatic N) is 1. The third kappa shape index (κ3) is 2.53. The second-order valence-corrected chi connectivity index (χ2v) is 4.37. The molecule has 0 aromatic heterocycles. The van der Waals surface area contributed by atoms with Gasteiger partial charge in [0.2, 0.25) is 0 Å². The van der Waals surface area contributed by atoms with Gasteiger partial charge in [-0.2, -0.15) is 0 Å². The molecule has 0 aliphatic carbocycles. The van der Waals surface area contributed by atoms with E-state index in [2.05, 4.69) is 6.07 Å². The molecule has 2 rings (SSSR count). The van der Waals surface area contributed by atoms with Crippen LogP contribution < -0.4 is 9.64 Å². The maximum absolute atomic E-state index is 9.17. The lowest BCUT2D eigenvalue weighted by atomic mass is 10.0. The van der Waals surface area contributed by atoms with Gasteiger partial charge < -0.3 is 19.8 Å². The summed E-state index contributed by atoms with van der Waals surface area (Å²) in [5, 5.41) is 18.3. The van der Waals surface area contributed by atoms with Gasteiger partial charge in [-0.25, -0.2) is 0 Å². The molecule has 0 radical (unpaired) electrons. The Hall–Kier alpha value is -1.26. The van der Waals surface area contributed by atoms with Gasteiger partial charge in [-0.05, 0) is 36.6 Å². The molecular weight excluding hydrogens is 218 g/mol. The van der Waals surface area contributed by atoms with Crippen molar-refractivity contribution < 1.29 is 14.9 Å². The SMILES string of the molecule is CN(c1ccc2c(c1)CCCO2)C(CO)CO. The number of hydrogen-bond donors (Lipinski definition) is 2. The summed E-state index contributed by atoms with van der Waals surface area (Å²) >= 11 is 0. The van der Waals surface area contributed by atoms with E-state index in [1.165, 1.54) is 5.56 Å². The van der Waals surface area contributed by atoms with Gasteiger partial charge in [-0.1, -0.05) is 0 Å². The molecule has 0 saturated carbocycles. The Bertz CT molecular complexity index is 377. The van der Waals surface area contributed by atoms with Crippen molar-refractivity contribution in [3.63, 3.8) is 0 Å². The summed E-state index contributed by atoms with van der Waals surface area (Å²) in [5.74, 6) is 0.956. The summed E-state index contributed by atoms with van der Waals surface area (Å²) in [6.45, 7) is 0.680. The largest absolute Gasteiger partial charge is 0.493 e. The Kier molecular flexibility index (Phi) is 3.86. The van der Waals surface area contributed by atoms with Crippen molar-refractivity contribution in [2.24, 2.45) is 0 Å². The van der Waals surface area contributed by atoms with Gasteiger partial charge in [0.25, 0.3) is 0 Å². The summed E-state index contributed by atoms with van der Waals surface area (Å²) in [4.78, 5) is 1.90. The number of likely N-dealkylation sites (N-methyl/N-ethyl adjacent to an activating group) is 1. The first-order valence-corrected chi connectivity index (χ1v) is 5.96. The van der Waals surface area contributed by atoms with Gasteiger partial charge in [0, 0.05) is 12.7 Å². The van der Waals surface area contributed by atoms with E-state index in [4.69, 9.17) is 14.9 Å². The normalized spacial score (nSPS) is 14.4. The molecule has 17 heavy (non-hydrogen) atoms. The van der Waals surface area contributed by atoms with Crippen molar-refractivity contribution in [2.75, 3.05) is 31.8 Å². The maximum Gasteiger partial charge on any atom is 0.122 e. The molecule has 4 nitrogen and oxygen atoms in total. The molecule has 1 aliphatic rings. The Labute approximate surface area is 101 Å². The summed E-state index contributed by atoms with van der Waals surface area (Å²) < 4.78 is 5.55. The van der Waals surface area contributed by atoms with Crippen LogP contribution in [0.5, 0.6) is 5.75 Å². The van der Waals surface area contributed by atoms with Gasteiger partial charge >= 0.3 is 0 Å². The summed E-state index contributed by atoms with van der Waals surface area (Å²) in [7, 11) is 1.88. The summed E-state index contributed by atoms with van der Waals surface area (Å²) in [6.07, 6.45) is 2.07. The van der Waals surface area contributed by atoms with E-state index in [1.54, 1.807) is 0 Å². The van der Waals surface area contributed by atoms with Crippen LogP contribution in [0.2, 0.25) is 0 Å². The molecule has 0 saturated heterocycles. The lowest BCUT2D eigenvalue weighted by Gasteiger charge is -2.28. The number of rotatable bonds is 4. The van der Waals surface area contributed by atoms with Crippen molar-refractivity contribution in [3.8, 4) is 5.75 Å². The predicted octanol–water partition coefficient (Wildman–Crippen LogP) is 0.801. The Balaban J connectivity index is 2.21. The van der Waals surface area contributed by atoms with Gasteiger partial charge in [-0.15, -0.1) is 0 Å². The average Bonchev–Trinajstić information content (AvgIpc) is 2.39. The number of benzene rings is 1. The molecule has 0 atom stereocenters. The van der Waals surface area contributed by atoms with Crippen molar-refractivity contribution in [1.82, 2.24) is 0 Å². The molecule has 4 heteroatoms. The standard InChI is InChI=1S/C13H19NO3/c1-14(12(8-15)9-16)11-4-5-13-10(7-11)3-2-6-17-13/h4-5,7,12,15-16H,2-3,6,8-9H2,1H3. The number of aryl methyl sites for hydroxylation is 1. The van der Waals surface area contributed by atoms with Crippen LogP contribution >= 0.6 is 0 Å². The topological polar surface area (TPSA) is 52.9 Å². The minimum absolute atomic E-state index is 0.0550. The van der Waals surface area contributed by atoms with E-state index in [9.17, 15) is 0 Å². The van der Waals surface area contributed by atoms with E-state index in [0.717, 1.165) is 30.9 Å². The number of aliphatic hydroxyl groups is 2. The highest BCUT2D eigenvalue weighted by Gasteiger charge is 2.16. The van der Waals surface area contributed by atoms with Crippen LogP contribution in [-0.2, 0) is 6.42 Å². The zero-order valence-corrected chi connectivity index (χ0v) is 10.1. The van der Waals surface area contributed by atoms with Crippen LogP contribution in [0.4, 0.5) is 5.69 Å². The Morgan fingerprint density at radius 2 is 2.12 bits per heavy atom. The molecule has 1 aromatic rings. The van der Waals surface area contributed by atoms with Crippen LogP contribution in [0.15, 0.2) is 18.2 Å². The van der Waals surface area contributed by atoms with Crippen molar-refractivity contribution in [1.29, 1.82) is 0 Å². The highest BCUT2D eigenvalue weighted by molar-refractivity contribution is 5.54. The summed E-state index contributed by atoms with van der Waals surface area (Å²) in [6, 6.07) is 5.75. The lowest BCUT2D eigenvalue weighted by Crippen LogP contribution is -2.37. The third-order valence-corrected chi connectivity index (χ3v) is 3.27. The van der Waals surface area contributed by atoms with Crippen LogP contribution in [0.25, 0.3) is 0 Å². The van der Waals surface area contributed by atoms with E-state index < -0.39 is 0 Å². The molecule has 0 spiro atoms. The first kappa shape index (κ1) is 12.2.